The van der Waals surface area contributed by atoms with E-state index in [1.165, 1.54) is 29.2 Å². The van der Waals surface area contributed by atoms with Gasteiger partial charge in [0.15, 0.2) is 17.5 Å². The average Bonchev–Trinajstić information content (AvgIpc) is 3.43. The van der Waals surface area contributed by atoms with Crippen molar-refractivity contribution < 1.29 is 9.53 Å². The molecule has 3 N–H and O–H groups in total. The molecule has 14 nitrogen and oxygen atoms in total. The number of rotatable bonds is 13. The Balaban J connectivity index is 0.000000165. The number of carbonyl (C=O) groups excluding carboxylic acids is 1. The monoisotopic (exact) mass is 1110 g/mol. The van der Waals surface area contributed by atoms with Gasteiger partial charge in [-0.1, -0.05) is 132 Å². The summed E-state index contributed by atoms with van der Waals surface area (Å²) < 4.78 is 5.49. The van der Waals surface area contributed by atoms with Gasteiger partial charge in [0.05, 0.1) is 31.4 Å². The number of nitrogens with zero attached hydrogens (tertiary/aromatic N) is 9. The topological polar surface area (TPSA) is 149 Å². The van der Waals surface area contributed by atoms with Gasteiger partial charge in [0.25, 0.3) is 0 Å². The van der Waals surface area contributed by atoms with Crippen molar-refractivity contribution in [2.24, 2.45) is 0 Å². The third-order valence-electron chi connectivity index (χ3n) is 11.5. The van der Waals surface area contributed by atoms with Crippen molar-refractivity contribution in [2.45, 2.75) is 0 Å². The molecule has 76 heavy (non-hydrogen) atoms. The van der Waals surface area contributed by atoms with Gasteiger partial charge in [-0.3, -0.25) is 4.79 Å². The average molecular weight is 1110 g/mol. The molecule has 0 unspecified atom stereocenters. The number of hydrogen-bond donors (Lipinski definition) is 3. The molecule has 1 amide bonds. The molecule has 0 atom stereocenters. The number of amides is 1. The minimum atomic E-state index is -0.222. The molecule has 19 heteroatoms. The number of carbonyl (C=O) groups is 1. The fourth-order valence-corrected chi connectivity index (χ4v) is 8.47. The zero-order valence-corrected chi connectivity index (χ0v) is 45.5. The van der Waals surface area contributed by atoms with Crippen LogP contribution in [0.4, 0.5) is 51.8 Å². The summed E-state index contributed by atoms with van der Waals surface area (Å²) in [5.74, 6) is 2.31. The summed E-state index contributed by atoms with van der Waals surface area (Å²) in [6, 6.07) is 48.2. The van der Waals surface area contributed by atoms with Crippen LogP contribution in [0, 0.1) is 0 Å². The predicted octanol–water partition coefficient (Wildman–Crippen LogP) is 15.2. The number of fused-ring (bicyclic) bond motifs is 3. The Kier molecular flexibility index (Phi) is 18.3. The number of likely N-dealkylation sites (N-methyl/N-ethyl adjacent to an activating group) is 1. The summed E-state index contributed by atoms with van der Waals surface area (Å²) in [5.41, 5.74) is 4.02. The molecule has 0 fully saturated rings. The van der Waals surface area contributed by atoms with Crippen LogP contribution in [-0.2, 0) is 4.79 Å². The summed E-state index contributed by atoms with van der Waals surface area (Å²) in [6.07, 6.45) is 7.84. The SMILES string of the molecule is CN(c1ccc2ccccc2c1)c1nc(Cl)ncc1Cl.COc1ccc(NC(=O)/C=C/CN(C)C)cc1Nc1ncc(Cl)c(N(C)c2ccc3ccccc3c2)n1.Clc1ncc(Cl)c(Nc2ccc3ccccc3c2)n1. The number of nitrogens with one attached hydrogen (secondary N) is 3. The Morgan fingerprint density at radius 1 is 0.539 bits per heavy atom. The minimum absolute atomic E-state index is 0.160. The fourth-order valence-electron chi connectivity index (χ4n) is 7.64. The molecule has 0 aliphatic rings. The third-order valence-corrected chi connectivity index (χ3v) is 12.7. The molecule has 384 valence electrons. The molecule has 0 aliphatic heterocycles. The fraction of sp³-hybridized carbons (Fsp3) is 0.105. The zero-order chi connectivity index (χ0) is 53.7. The number of benzene rings is 7. The standard InChI is InChI=1S/C28H29ClN6O2.C15H11Cl2N3.C14H9Cl2N3/c1-34(2)15-7-10-26(36)31-21-12-14-25(37-4)24(17-21)32-28-30-18-23(29)27(33-28)35(3)22-13-11-19-8-5-6-9-20(19)16-22;1-20(14-13(16)9-18-15(17)19-14)12-7-6-10-4-2-3-5-11(10)8-12;15-12-8-17-14(16)19-13(12)18-11-6-5-9-3-1-2-4-10(9)7-11/h5-14,16-18H,15H2,1-4H3,(H,31,36)(H,30,32,33);2-9H,1H3;1-8H,(H,17,18,19)/b10-7+;;. The summed E-state index contributed by atoms with van der Waals surface area (Å²) in [7, 11) is 9.25. The van der Waals surface area contributed by atoms with E-state index in [1.54, 1.807) is 37.6 Å². The van der Waals surface area contributed by atoms with Gasteiger partial charge in [0.1, 0.15) is 20.8 Å². The molecule has 3 aromatic heterocycles. The highest BCUT2D eigenvalue weighted by molar-refractivity contribution is 6.34. The summed E-state index contributed by atoms with van der Waals surface area (Å²) in [4.78, 5) is 43.0. The number of anilines is 9. The number of methoxy groups -OCH3 is 1. The number of halogens is 5. The van der Waals surface area contributed by atoms with Crippen molar-refractivity contribution in [3.05, 3.63) is 202 Å². The Morgan fingerprint density at radius 2 is 1.04 bits per heavy atom. The van der Waals surface area contributed by atoms with Crippen molar-refractivity contribution in [3.8, 4) is 5.75 Å². The van der Waals surface area contributed by atoms with Crippen LogP contribution in [0.2, 0.25) is 25.6 Å². The molecule has 10 aromatic rings. The predicted molar refractivity (Wildman–Crippen MR) is 315 cm³/mol. The Morgan fingerprint density at radius 3 is 1.62 bits per heavy atom. The van der Waals surface area contributed by atoms with Crippen LogP contribution >= 0.6 is 58.0 Å². The van der Waals surface area contributed by atoms with E-state index in [1.807, 2.05) is 110 Å². The Bertz CT molecular complexity index is 3700. The van der Waals surface area contributed by atoms with Crippen molar-refractivity contribution >= 4 is 148 Å². The molecule has 3 heterocycles. The Hall–Kier alpha value is -7.82. The second-order valence-electron chi connectivity index (χ2n) is 17.1. The maximum absolute atomic E-state index is 12.3. The lowest BCUT2D eigenvalue weighted by Gasteiger charge is -2.21. The van der Waals surface area contributed by atoms with Crippen LogP contribution in [0.3, 0.4) is 0 Å². The molecular weight excluding hydrogens is 1060 g/mol. The zero-order valence-electron chi connectivity index (χ0n) is 41.7. The van der Waals surface area contributed by atoms with Gasteiger partial charge in [0.2, 0.25) is 22.4 Å². The third kappa shape index (κ3) is 14.3. The van der Waals surface area contributed by atoms with Gasteiger partial charge in [0, 0.05) is 49.5 Å². The molecule has 0 bridgehead atoms. The van der Waals surface area contributed by atoms with Crippen molar-refractivity contribution in [1.82, 2.24) is 34.8 Å². The van der Waals surface area contributed by atoms with Gasteiger partial charge in [-0.2, -0.15) is 15.0 Å². The molecule has 0 spiro atoms. The molecular formula is C57H49Cl5N12O2. The first-order valence-electron chi connectivity index (χ1n) is 23.4. The highest BCUT2D eigenvalue weighted by atomic mass is 35.5. The lowest BCUT2D eigenvalue weighted by Crippen LogP contribution is -2.13. The molecule has 0 aliphatic carbocycles. The van der Waals surface area contributed by atoms with E-state index in [0.29, 0.717) is 62.1 Å². The maximum atomic E-state index is 12.3. The first-order valence-corrected chi connectivity index (χ1v) is 25.3. The molecule has 0 radical (unpaired) electrons. The summed E-state index contributed by atoms with van der Waals surface area (Å²) in [5, 5.41) is 17.8. The normalized spacial score (nSPS) is 10.9. The van der Waals surface area contributed by atoms with E-state index in [4.69, 9.17) is 62.7 Å². The first-order chi connectivity index (χ1) is 36.7. The molecule has 0 saturated carbocycles. The van der Waals surface area contributed by atoms with Crippen LogP contribution in [0.25, 0.3) is 32.3 Å². The lowest BCUT2D eigenvalue weighted by molar-refractivity contribution is -0.111. The summed E-state index contributed by atoms with van der Waals surface area (Å²) in [6.45, 7) is 0.673. The van der Waals surface area contributed by atoms with Crippen molar-refractivity contribution in [1.29, 1.82) is 0 Å². The minimum Gasteiger partial charge on any atom is -0.495 e. The second-order valence-corrected chi connectivity index (χ2v) is 19.0. The van der Waals surface area contributed by atoms with E-state index in [-0.39, 0.29) is 16.5 Å². The van der Waals surface area contributed by atoms with Crippen LogP contribution in [0.1, 0.15) is 0 Å². The first kappa shape index (κ1) is 54.4. The van der Waals surface area contributed by atoms with Gasteiger partial charge in [-0.05, 0) is 124 Å². The van der Waals surface area contributed by atoms with E-state index in [9.17, 15) is 4.79 Å². The van der Waals surface area contributed by atoms with Crippen LogP contribution in [-0.4, -0.2) is 82.6 Å². The van der Waals surface area contributed by atoms with Gasteiger partial charge >= 0.3 is 0 Å². The van der Waals surface area contributed by atoms with Gasteiger partial charge in [-0.25, -0.2) is 15.0 Å². The smallest absolute Gasteiger partial charge is 0.248 e. The maximum Gasteiger partial charge on any atom is 0.248 e. The number of ether oxygens (including phenoxy) is 1. The van der Waals surface area contributed by atoms with Crippen molar-refractivity contribution in [3.63, 3.8) is 0 Å². The van der Waals surface area contributed by atoms with E-state index in [0.717, 1.165) is 38.6 Å². The van der Waals surface area contributed by atoms with E-state index in [2.05, 4.69) is 107 Å². The van der Waals surface area contributed by atoms with Crippen LogP contribution < -0.4 is 30.5 Å². The van der Waals surface area contributed by atoms with Crippen molar-refractivity contribution in [2.75, 3.05) is 67.6 Å². The molecule has 7 aromatic carbocycles. The van der Waals surface area contributed by atoms with Crippen LogP contribution in [0.5, 0.6) is 5.75 Å². The lowest BCUT2D eigenvalue weighted by atomic mass is 10.1. The van der Waals surface area contributed by atoms with E-state index >= 15 is 0 Å². The van der Waals surface area contributed by atoms with E-state index < -0.39 is 0 Å². The highest BCUT2D eigenvalue weighted by Crippen LogP contribution is 2.35. The molecule has 10 rings (SSSR count). The largest absolute Gasteiger partial charge is 0.495 e. The quantitative estimate of drug-likeness (QED) is 0.0743. The summed E-state index contributed by atoms with van der Waals surface area (Å²) >= 11 is 30.2. The van der Waals surface area contributed by atoms with Crippen LogP contribution in [0.15, 0.2) is 176 Å². The molecule has 0 saturated heterocycles. The van der Waals surface area contributed by atoms with Gasteiger partial charge < -0.3 is 35.4 Å². The number of hydrogen-bond acceptors (Lipinski definition) is 13. The Labute approximate surface area is 464 Å². The number of aromatic nitrogens is 6. The highest BCUT2D eigenvalue weighted by Gasteiger charge is 2.16. The second kappa shape index (κ2) is 25.6. The van der Waals surface area contributed by atoms with Gasteiger partial charge in [-0.15, -0.1) is 0 Å².